The minimum absolute atomic E-state index is 0.0851. The van der Waals surface area contributed by atoms with Gasteiger partial charge in [-0.15, -0.1) is 5.10 Å². The lowest BCUT2D eigenvalue weighted by atomic mass is 10.0. The Balaban J connectivity index is 1.73. The summed E-state index contributed by atoms with van der Waals surface area (Å²) in [6.45, 7) is 8.91. The van der Waals surface area contributed by atoms with Crippen LogP contribution in [0.4, 0.5) is 0 Å². The van der Waals surface area contributed by atoms with Crippen molar-refractivity contribution in [2.45, 2.75) is 59.8 Å². The number of methoxy groups -OCH3 is 1. The lowest BCUT2D eigenvalue weighted by molar-refractivity contribution is -0.144. The Kier molecular flexibility index (Phi) is 8.52. The number of aryl methyl sites for hydroxylation is 2. The fraction of sp³-hybridized carbons (Fsp3) is 0.393. The van der Waals surface area contributed by atoms with Crippen LogP contribution in [0.15, 0.2) is 47.3 Å². The molecule has 2 aromatic heterocycles. The molecular weight excluding hydrogens is 484 g/mol. The number of nitrogens with one attached hydrogen (secondary N) is 1. The quantitative estimate of drug-likeness (QED) is 0.298. The Labute approximate surface area is 221 Å². The number of pyridine rings is 1. The molecule has 1 N–H and O–H groups in total. The zero-order valence-corrected chi connectivity index (χ0v) is 22.5. The normalized spacial score (nSPS) is 12.2. The smallest absolute Gasteiger partial charge is 0.327 e. The van der Waals surface area contributed by atoms with Crippen LogP contribution in [0.25, 0.3) is 10.9 Å². The fourth-order valence-corrected chi connectivity index (χ4v) is 4.64. The van der Waals surface area contributed by atoms with Crippen molar-refractivity contribution < 1.29 is 14.3 Å². The first-order chi connectivity index (χ1) is 18.3. The molecule has 0 saturated heterocycles. The van der Waals surface area contributed by atoms with Gasteiger partial charge in [0, 0.05) is 18.7 Å². The summed E-state index contributed by atoms with van der Waals surface area (Å²) < 4.78 is 11.9. The lowest BCUT2D eigenvalue weighted by Gasteiger charge is -2.30. The Morgan fingerprint density at radius 2 is 1.87 bits per heavy atom. The van der Waals surface area contributed by atoms with E-state index in [1.807, 2.05) is 57.2 Å². The molecule has 0 amide bonds. The molecule has 200 valence electrons. The van der Waals surface area contributed by atoms with Gasteiger partial charge in [-0.3, -0.25) is 14.5 Å². The highest BCUT2D eigenvalue weighted by molar-refractivity contribution is 5.83. The molecule has 0 aliphatic heterocycles. The first-order valence-electron chi connectivity index (χ1n) is 12.7. The Morgan fingerprint density at radius 1 is 1.11 bits per heavy atom. The summed E-state index contributed by atoms with van der Waals surface area (Å²) in [5, 5.41) is 13.1. The second-order valence-electron chi connectivity index (χ2n) is 9.27. The van der Waals surface area contributed by atoms with E-state index >= 15 is 0 Å². The number of hydrogen-bond donors (Lipinski definition) is 1. The summed E-state index contributed by atoms with van der Waals surface area (Å²) in [6.07, 6.45) is 0.656. The van der Waals surface area contributed by atoms with Crippen LogP contribution < -0.4 is 10.3 Å². The molecule has 0 aliphatic rings. The van der Waals surface area contributed by atoms with Crippen LogP contribution in [0.3, 0.4) is 0 Å². The van der Waals surface area contributed by atoms with Crippen LogP contribution in [0.1, 0.15) is 54.4 Å². The third-order valence-electron chi connectivity index (χ3n) is 6.82. The predicted octanol–water partition coefficient (Wildman–Crippen LogP) is 3.86. The van der Waals surface area contributed by atoms with Crippen LogP contribution >= 0.6 is 0 Å². The number of nitrogens with zero attached hydrogens (tertiary/aromatic N) is 5. The molecule has 4 rings (SSSR count). The minimum Gasteiger partial charge on any atom is -0.497 e. The van der Waals surface area contributed by atoms with Gasteiger partial charge in [0.2, 0.25) is 0 Å². The van der Waals surface area contributed by atoms with Gasteiger partial charge in [-0.05, 0) is 77.9 Å². The van der Waals surface area contributed by atoms with E-state index in [2.05, 4.69) is 31.5 Å². The lowest BCUT2D eigenvalue weighted by Crippen LogP contribution is -2.33. The molecule has 0 bridgehead atoms. The van der Waals surface area contributed by atoms with Gasteiger partial charge >= 0.3 is 5.97 Å². The zero-order valence-electron chi connectivity index (χ0n) is 22.5. The van der Waals surface area contributed by atoms with E-state index in [9.17, 15) is 9.59 Å². The molecule has 0 aliphatic carbocycles. The van der Waals surface area contributed by atoms with E-state index in [4.69, 9.17) is 9.47 Å². The maximum atomic E-state index is 13.2. The summed E-state index contributed by atoms with van der Waals surface area (Å²) in [5.74, 6) is 0.898. The molecule has 2 heterocycles. The van der Waals surface area contributed by atoms with E-state index in [-0.39, 0.29) is 24.8 Å². The fourth-order valence-electron chi connectivity index (χ4n) is 4.64. The average molecular weight is 519 g/mol. The summed E-state index contributed by atoms with van der Waals surface area (Å²) in [4.78, 5) is 30.7. The highest BCUT2D eigenvalue weighted by Gasteiger charge is 2.27. The van der Waals surface area contributed by atoms with E-state index in [0.29, 0.717) is 30.9 Å². The highest BCUT2D eigenvalue weighted by atomic mass is 16.5. The molecule has 2 aromatic carbocycles. The summed E-state index contributed by atoms with van der Waals surface area (Å²) in [7, 11) is 1.63. The van der Waals surface area contributed by atoms with Crippen molar-refractivity contribution >= 4 is 16.9 Å². The Hall–Kier alpha value is -4.05. The number of aromatic amines is 1. The number of ether oxygens (including phenoxy) is 2. The number of hydrogen-bond acceptors (Lipinski definition) is 8. The van der Waals surface area contributed by atoms with E-state index in [0.717, 1.165) is 33.3 Å². The van der Waals surface area contributed by atoms with Gasteiger partial charge in [0.25, 0.3) is 5.56 Å². The molecule has 10 heteroatoms. The third-order valence-corrected chi connectivity index (χ3v) is 6.82. The predicted molar refractivity (Wildman–Crippen MR) is 144 cm³/mol. The van der Waals surface area contributed by atoms with Crippen molar-refractivity contribution in [2.75, 3.05) is 13.7 Å². The highest BCUT2D eigenvalue weighted by Crippen LogP contribution is 2.27. The number of tetrazole rings is 1. The monoisotopic (exact) mass is 518 g/mol. The van der Waals surface area contributed by atoms with Crippen LogP contribution in [-0.4, -0.2) is 49.8 Å². The number of esters is 1. The SMILES string of the molecule is CCOC(=O)Cn1nnnc1C(CC)N(Cc1ccc(OC)cc1)Cc1cc2ccc(C)c(C)c2[nH]c1=O. The topological polar surface area (TPSA) is 115 Å². The Morgan fingerprint density at radius 3 is 2.55 bits per heavy atom. The molecule has 38 heavy (non-hydrogen) atoms. The first-order valence-corrected chi connectivity index (χ1v) is 12.7. The summed E-state index contributed by atoms with van der Waals surface area (Å²) in [6, 6.07) is 13.6. The number of fused-ring (bicyclic) bond motifs is 1. The van der Waals surface area contributed by atoms with Crippen LogP contribution in [0.5, 0.6) is 5.75 Å². The van der Waals surface area contributed by atoms with Crippen molar-refractivity contribution in [3.8, 4) is 5.75 Å². The molecule has 0 spiro atoms. The van der Waals surface area contributed by atoms with E-state index in [1.54, 1.807) is 14.0 Å². The molecule has 1 atom stereocenters. The summed E-state index contributed by atoms with van der Waals surface area (Å²) in [5.41, 5.74) is 4.58. The zero-order chi connectivity index (χ0) is 27.2. The standard InChI is InChI=1S/C28H34N6O4/c1-6-24(27-30-31-32-34(27)17-25(35)38-7-2)33(15-20-9-12-23(37-5)13-10-20)16-22-14-21-11-8-18(3)19(4)26(21)29-28(22)36/h8-14,24H,6-7,15-17H2,1-5H3,(H,29,36). The van der Waals surface area contributed by atoms with Crippen molar-refractivity contribution in [1.29, 1.82) is 0 Å². The number of carbonyl (C=O) groups is 1. The molecule has 10 nitrogen and oxygen atoms in total. The first kappa shape index (κ1) is 27.0. The average Bonchev–Trinajstić information content (AvgIpc) is 3.35. The molecule has 4 aromatic rings. The number of H-pyrrole nitrogens is 1. The number of aromatic nitrogens is 5. The van der Waals surface area contributed by atoms with E-state index < -0.39 is 5.97 Å². The maximum Gasteiger partial charge on any atom is 0.327 e. The number of benzene rings is 2. The molecule has 0 fully saturated rings. The van der Waals surface area contributed by atoms with E-state index in [1.165, 1.54) is 4.68 Å². The van der Waals surface area contributed by atoms with Gasteiger partial charge < -0.3 is 14.5 Å². The van der Waals surface area contributed by atoms with Crippen molar-refractivity contribution in [3.63, 3.8) is 0 Å². The van der Waals surface area contributed by atoms with Crippen LogP contribution in [0, 0.1) is 13.8 Å². The van der Waals surface area contributed by atoms with Gasteiger partial charge in [-0.1, -0.05) is 31.2 Å². The largest absolute Gasteiger partial charge is 0.497 e. The second-order valence-corrected chi connectivity index (χ2v) is 9.27. The maximum absolute atomic E-state index is 13.2. The van der Waals surface area contributed by atoms with Gasteiger partial charge in [0.15, 0.2) is 5.82 Å². The van der Waals surface area contributed by atoms with Crippen molar-refractivity contribution in [3.05, 3.63) is 80.9 Å². The van der Waals surface area contributed by atoms with Gasteiger partial charge in [0.05, 0.1) is 25.3 Å². The molecule has 0 saturated carbocycles. The second kappa shape index (κ2) is 12.0. The van der Waals surface area contributed by atoms with Crippen LogP contribution in [0.2, 0.25) is 0 Å². The third kappa shape index (κ3) is 5.91. The number of carbonyl (C=O) groups excluding carboxylic acids is 1. The van der Waals surface area contributed by atoms with Gasteiger partial charge in [0.1, 0.15) is 12.3 Å². The van der Waals surface area contributed by atoms with Gasteiger partial charge in [-0.2, -0.15) is 0 Å². The minimum atomic E-state index is -0.408. The van der Waals surface area contributed by atoms with Crippen molar-refractivity contribution in [2.24, 2.45) is 0 Å². The molecular formula is C28H34N6O4. The molecule has 0 radical (unpaired) electrons. The van der Waals surface area contributed by atoms with Gasteiger partial charge in [-0.25, -0.2) is 4.68 Å². The number of rotatable bonds is 11. The summed E-state index contributed by atoms with van der Waals surface area (Å²) >= 11 is 0. The van der Waals surface area contributed by atoms with Crippen molar-refractivity contribution in [1.82, 2.24) is 30.1 Å². The molecule has 1 unspecified atom stereocenters. The Bertz CT molecular complexity index is 1460. The van der Waals surface area contributed by atoms with Crippen LogP contribution in [-0.2, 0) is 29.2 Å².